The fourth-order valence-corrected chi connectivity index (χ4v) is 6.16. The number of nitrogens with zero attached hydrogens (tertiary/aromatic N) is 3. The number of hydrogen-bond donors (Lipinski definition) is 1. The van der Waals surface area contributed by atoms with Crippen molar-refractivity contribution in [2.24, 2.45) is 5.10 Å². The normalized spacial score (nSPS) is 13.8. The van der Waals surface area contributed by atoms with Gasteiger partial charge in [0.1, 0.15) is 16.3 Å². The van der Waals surface area contributed by atoms with Crippen LogP contribution in [0.2, 0.25) is 0 Å². The Balaban J connectivity index is 1.47. The lowest BCUT2D eigenvalue weighted by Crippen LogP contribution is -2.24. The Bertz CT molecular complexity index is 1430. The number of hydrogen-bond acceptors (Lipinski definition) is 7. The van der Waals surface area contributed by atoms with Crippen LogP contribution in [0.1, 0.15) is 41.5 Å². The van der Waals surface area contributed by atoms with E-state index in [-0.39, 0.29) is 17.2 Å². The van der Waals surface area contributed by atoms with E-state index in [1.165, 1.54) is 16.6 Å². The first kappa shape index (κ1) is 22.6. The number of amides is 1. The Hall–Kier alpha value is -3.17. The Labute approximate surface area is 204 Å². The lowest BCUT2D eigenvalue weighted by atomic mass is 9.97. The van der Waals surface area contributed by atoms with Crippen LogP contribution >= 0.6 is 23.1 Å². The van der Waals surface area contributed by atoms with Crippen LogP contribution in [0.4, 0.5) is 0 Å². The molecule has 0 aliphatic heterocycles. The van der Waals surface area contributed by atoms with Crippen LogP contribution in [0.3, 0.4) is 0 Å². The second-order valence-electron chi connectivity index (χ2n) is 8.26. The van der Waals surface area contributed by atoms with Crippen molar-refractivity contribution in [3.05, 3.63) is 74.8 Å². The quantitative estimate of drug-likeness (QED) is 0.180. The van der Waals surface area contributed by atoms with Crippen LogP contribution in [0.25, 0.3) is 15.9 Å². The third-order valence-corrected chi connectivity index (χ3v) is 7.93. The summed E-state index contributed by atoms with van der Waals surface area (Å²) in [5.41, 5.74) is 6.07. The fraction of sp³-hybridized carbons (Fsp3) is 0.280. The largest absolute Gasteiger partial charge is 0.463 e. The van der Waals surface area contributed by atoms with Crippen molar-refractivity contribution in [3.63, 3.8) is 0 Å². The number of rotatable bonds is 6. The summed E-state index contributed by atoms with van der Waals surface area (Å²) in [6, 6.07) is 11.3. The van der Waals surface area contributed by atoms with Crippen LogP contribution in [0, 0.1) is 6.92 Å². The number of hydrazone groups is 1. The van der Waals surface area contributed by atoms with Gasteiger partial charge in [-0.25, -0.2) is 10.4 Å². The average Bonchev–Trinajstić information content (AvgIpc) is 3.50. The van der Waals surface area contributed by atoms with Gasteiger partial charge in [-0.3, -0.25) is 14.2 Å². The summed E-state index contributed by atoms with van der Waals surface area (Å²) in [4.78, 5) is 33.1. The number of carbonyl (C=O) groups is 1. The van der Waals surface area contributed by atoms with Crippen molar-refractivity contribution in [1.29, 1.82) is 0 Å². The van der Waals surface area contributed by atoms with E-state index in [1.807, 2.05) is 31.2 Å². The van der Waals surface area contributed by atoms with E-state index < -0.39 is 0 Å². The fourth-order valence-electron chi connectivity index (χ4n) is 4.05. The van der Waals surface area contributed by atoms with Gasteiger partial charge in [-0.05, 0) is 69.4 Å². The van der Waals surface area contributed by atoms with Gasteiger partial charge in [-0.1, -0.05) is 29.5 Å². The number of aryl methyl sites for hydroxylation is 3. The highest BCUT2D eigenvalue weighted by Crippen LogP contribution is 2.35. The van der Waals surface area contributed by atoms with E-state index in [0.717, 1.165) is 52.7 Å². The highest BCUT2D eigenvalue weighted by Gasteiger charge is 2.23. The van der Waals surface area contributed by atoms with Gasteiger partial charge in [-0.2, -0.15) is 5.10 Å². The molecule has 7 nitrogen and oxygen atoms in total. The maximum Gasteiger partial charge on any atom is 0.267 e. The second-order valence-corrected chi connectivity index (χ2v) is 10.3. The molecule has 34 heavy (non-hydrogen) atoms. The molecule has 5 rings (SSSR count). The van der Waals surface area contributed by atoms with Crippen LogP contribution < -0.4 is 11.0 Å². The van der Waals surface area contributed by atoms with Gasteiger partial charge in [-0.15, -0.1) is 11.3 Å². The minimum absolute atomic E-state index is 0.0668. The molecular weight excluding hydrogens is 468 g/mol. The molecular formula is C25H24N4O3S2. The van der Waals surface area contributed by atoms with Gasteiger partial charge in [0.25, 0.3) is 11.5 Å². The van der Waals surface area contributed by atoms with Crippen molar-refractivity contribution in [3.8, 4) is 5.69 Å². The Morgan fingerprint density at radius 2 is 2.03 bits per heavy atom. The lowest BCUT2D eigenvalue weighted by molar-refractivity contribution is -0.118. The molecule has 3 heterocycles. The summed E-state index contributed by atoms with van der Waals surface area (Å²) < 4.78 is 6.92. The Morgan fingerprint density at radius 3 is 2.79 bits per heavy atom. The Kier molecular flexibility index (Phi) is 6.38. The molecule has 0 saturated heterocycles. The van der Waals surface area contributed by atoms with E-state index in [4.69, 9.17) is 9.40 Å². The molecule has 0 saturated carbocycles. The lowest BCUT2D eigenvalue weighted by Gasteiger charge is -2.13. The molecule has 1 aliphatic carbocycles. The predicted octanol–water partition coefficient (Wildman–Crippen LogP) is 4.86. The molecule has 9 heteroatoms. The zero-order valence-electron chi connectivity index (χ0n) is 19.0. The molecule has 4 aromatic rings. The third-order valence-electron chi connectivity index (χ3n) is 5.81. The first-order valence-corrected chi connectivity index (χ1v) is 13.0. The number of benzene rings is 1. The summed E-state index contributed by atoms with van der Waals surface area (Å²) in [5, 5.41) is 5.33. The molecule has 0 spiro atoms. The van der Waals surface area contributed by atoms with Gasteiger partial charge in [0.2, 0.25) is 0 Å². The van der Waals surface area contributed by atoms with Crippen molar-refractivity contribution >= 4 is 44.9 Å². The Morgan fingerprint density at radius 1 is 1.24 bits per heavy atom. The van der Waals surface area contributed by atoms with E-state index >= 15 is 0 Å². The van der Waals surface area contributed by atoms with Crippen LogP contribution in [-0.2, 0) is 17.6 Å². The molecule has 0 atom stereocenters. The number of furan rings is 1. The van der Waals surface area contributed by atoms with Crippen molar-refractivity contribution in [2.75, 3.05) is 5.75 Å². The molecule has 1 aliphatic rings. The number of nitrogens with one attached hydrogen (secondary N) is 1. The van der Waals surface area contributed by atoms with Crippen LogP contribution in [-0.4, -0.2) is 26.9 Å². The van der Waals surface area contributed by atoms with Gasteiger partial charge < -0.3 is 4.42 Å². The van der Waals surface area contributed by atoms with E-state index in [9.17, 15) is 9.59 Å². The smallest absolute Gasteiger partial charge is 0.267 e. The number of thioether (sulfide) groups is 1. The van der Waals surface area contributed by atoms with Gasteiger partial charge in [0.05, 0.1) is 23.1 Å². The molecule has 3 aromatic heterocycles. The average molecular weight is 493 g/mol. The van der Waals surface area contributed by atoms with Gasteiger partial charge in [0, 0.05) is 4.88 Å². The summed E-state index contributed by atoms with van der Waals surface area (Å²) in [5.74, 6) is 0.380. The first-order chi connectivity index (χ1) is 16.5. The monoisotopic (exact) mass is 492 g/mol. The van der Waals surface area contributed by atoms with E-state index in [2.05, 4.69) is 10.5 Å². The molecule has 0 fully saturated rings. The number of thiophene rings is 1. The summed E-state index contributed by atoms with van der Waals surface area (Å²) in [6.45, 7) is 3.77. The first-order valence-electron chi connectivity index (χ1n) is 11.2. The summed E-state index contributed by atoms with van der Waals surface area (Å²) >= 11 is 2.84. The third kappa shape index (κ3) is 4.45. The highest BCUT2D eigenvalue weighted by atomic mass is 32.2. The molecule has 174 valence electrons. The standard InChI is InChI=1S/C25H24N4O3S2/c1-15-9-11-17(12-10-15)29-24(31)22-18-6-3-4-8-20(18)34-23(22)26-25(29)33-14-21(30)28-27-16(2)19-7-5-13-32-19/h5,7,9-13H,3-4,6,8,14H2,1-2H3,(H,28,30). The topological polar surface area (TPSA) is 89.5 Å². The molecule has 0 bridgehead atoms. The maximum atomic E-state index is 13.7. The van der Waals surface area contributed by atoms with Crippen molar-refractivity contribution in [2.45, 2.75) is 44.7 Å². The molecule has 0 radical (unpaired) electrons. The summed E-state index contributed by atoms with van der Waals surface area (Å²) in [7, 11) is 0. The minimum atomic E-state index is -0.286. The highest BCUT2D eigenvalue weighted by molar-refractivity contribution is 7.99. The van der Waals surface area contributed by atoms with E-state index in [0.29, 0.717) is 16.6 Å². The van der Waals surface area contributed by atoms with E-state index in [1.54, 1.807) is 41.2 Å². The second kappa shape index (κ2) is 9.60. The minimum Gasteiger partial charge on any atom is -0.463 e. The SMILES string of the molecule is CC(=NNC(=O)CSc1nc2sc3c(c2c(=O)n1-c1ccc(C)cc1)CCCC3)c1ccco1. The van der Waals surface area contributed by atoms with Crippen molar-refractivity contribution in [1.82, 2.24) is 15.0 Å². The zero-order valence-corrected chi connectivity index (χ0v) is 20.6. The van der Waals surface area contributed by atoms with Gasteiger partial charge in [0.15, 0.2) is 5.16 Å². The number of aromatic nitrogens is 2. The number of fused-ring (bicyclic) bond motifs is 3. The molecule has 1 N–H and O–H groups in total. The number of carbonyl (C=O) groups excluding carboxylic acids is 1. The zero-order chi connectivity index (χ0) is 23.7. The van der Waals surface area contributed by atoms with Crippen LogP contribution in [0.5, 0.6) is 0 Å². The molecule has 0 unspecified atom stereocenters. The summed E-state index contributed by atoms with van der Waals surface area (Å²) in [6.07, 6.45) is 5.71. The predicted molar refractivity (Wildman–Crippen MR) is 136 cm³/mol. The van der Waals surface area contributed by atoms with Gasteiger partial charge >= 0.3 is 0 Å². The molecule has 1 aromatic carbocycles. The van der Waals surface area contributed by atoms with Crippen LogP contribution in [0.15, 0.2) is 62.1 Å². The molecule has 1 amide bonds. The van der Waals surface area contributed by atoms with Crippen molar-refractivity contribution < 1.29 is 9.21 Å². The maximum absolute atomic E-state index is 13.7.